The second-order valence-corrected chi connectivity index (χ2v) is 7.26. The van der Waals surface area contributed by atoms with Crippen LogP contribution >= 0.6 is 0 Å². The number of H-pyrrole nitrogens is 1. The second-order valence-electron chi connectivity index (χ2n) is 7.26. The summed E-state index contributed by atoms with van der Waals surface area (Å²) in [5.41, 5.74) is 3.34. The molecule has 0 aliphatic carbocycles. The minimum absolute atomic E-state index is 0.116. The molecule has 0 bridgehead atoms. The van der Waals surface area contributed by atoms with Crippen molar-refractivity contribution in [3.05, 3.63) is 84.2 Å². The van der Waals surface area contributed by atoms with Crippen molar-refractivity contribution in [2.45, 2.75) is 19.6 Å². The first-order valence-electron chi connectivity index (χ1n) is 10.0. The van der Waals surface area contributed by atoms with E-state index in [0.29, 0.717) is 22.5 Å². The lowest BCUT2D eigenvalue weighted by Crippen LogP contribution is -2.41. The molecule has 4 aromatic rings. The number of hydrogen-bond acceptors (Lipinski definition) is 4. The standard InChI is InChI=1S/C24H21FN4O3/c1-15(26-24(31)32-14-16-6-3-2-4-7-16)23(30)27-19-10-11-20-21(13-19)28-29-22(20)17-8-5-9-18(25)12-17/h2-13,15H,14H2,1H3,(H,26,31)(H,27,30)(H,28,29)/t15-/m0/s1. The summed E-state index contributed by atoms with van der Waals surface area (Å²) in [6.45, 7) is 1.68. The number of alkyl carbamates (subject to hydrolysis) is 1. The molecule has 162 valence electrons. The van der Waals surface area contributed by atoms with Crippen LogP contribution in [0.3, 0.4) is 0 Å². The molecule has 0 fully saturated rings. The van der Waals surface area contributed by atoms with Crippen molar-refractivity contribution < 1.29 is 18.7 Å². The Balaban J connectivity index is 1.37. The number of amides is 2. The van der Waals surface area contributed by atoms with Gasteiger partial charge in [-0.1, -0.05) is 42.5 Å². The second kappa shape index (κ2) is 9.30. The van der Waals surface area contributed by atoms with E-state index in [1.165, 1.54) is 12.1 Å². The van der Waals surface area contributed by atoms with Crippen LogP contribution in [0.5, 0.6) is 0 Å². The Bertz CT molecular complexity index is 1260. The Kier molecular flexibility index (Phi) is 6.12. The molecule has 1 heterocycles. The first kappa shape index (κ1) is 21.0. The fourth-order valence-electron chi connectivity index (χ4n) is 3.21. The van der Waals surface area contributed by atoms with Gasteiger partial charge < -0.3 is 15.4 Å². The van der Waals surface area contributed by atoms with Crippen LogP contribution in [0.1, 0.15) is 12.5 Å². The molecule has 3 aromatic carbocycles. The largest absolute Gasteiger partial charge is 0.445 e. The van der Waals surface area contributed by atoms with Crippen LogP contribution in [0.25, 0.3) is 22.2 Å². The summed E-state index contributed by atoms with van der Waals surface area (Å²) in [6, 6.07) is 19.9. The maximum Gasteiger partial charge on any atom is 0.408 e. The minimum Gasteiger partial charge on any atom is -0.445 e. The van der Waals surface area contributed by atoms with Gasteiger partial charge in [0.25, 0.3) is 0 Å². The van der Waals surface area contributed by atoms with Crippen LogP contribution < -0.4 is 10.6 Å². The predicted molar refractivity (Wildman–Crippen MR) is 119 cm³/mol. The SMILES string of the molecule is C[C@H](NC(=O)OCc1ccccc1)C(=O)Nc1ccc2c(-c3cccc(F)c3)n[nH]c2c1. The molecular weight excluding hydrogens is 411 g/mol. The van der Waals surface area contributed by atoms with Crippen molar-refractivity contribution in [1.82, 2.24) is 15.5 Å². The number of fused-ring (bicyclic) bond motifs is 1. The van der Waals surface area contributed by atoms with Crippen LogP contribution in [0.15, 0.2) is 72.8 Å². The monoisotopic (exact) mass is 432 g/mol. The number of carbonyl (C=O) groups is 2. The number of benzene rings is 3. The number of aromatic amines is 1. The zero-order valence-electron chi connectivity index (χ0n) is 17.3. The average Bonchev–Trinajstić information content (AvgIpc) is 3.21. The van der Waals surface area contributed by atoms with Crippen LogP contribution in [-0.4, -0.2) is 28.2 Å². The maximum atomic E-state index is 13.5. The van der Waals surface area contributed by atoms with Gasteiger partial charge in [0.1, 0.15) is 24.2 Å². The zero-order valence-corrected chi connectivity index (χ0v) is 17.3. The molecule has 7 nitrogen and oxygen atoms in total. The van der Waals surface area contributed by atoms with Gasteiger partial charge in [-0.3, -0.25) is 9.89 Å². The van der Waals surface area contributed by atoms with E-state index in [1.54, 1.807) is 37.3 Å². The highest BCUT2D eigenvalue weighted by Gasteiger charge is 2.17. The number of rotatable bonds is 6. The van der Waals surface area contributed by atoms with Crippen molar-refractivity contribution in [2.75, 3.05) is 5.32 Å². The van der Waals surface area contributed by atoms with Gasteiger partial charge >= 0.3 is 6.09 Å². The molecule has 2 amide bonds. The molecule has 1 atom stereocenters. The molecule has 4 rings (SSSR count). The van der Waals surface area contributed by atoms with Crippen molar-refractivity contribution in [3.63, 3.8) is 0 Å². The third kappa shape index (κ3) is 4.92. The van der Waals surface area contributed by atoms with E-state index in [2.05, 4.69) is 20.8 Å². The maximum absolute atomic E-state index is 13.5. The first-order chi connectivity index (χ1) is 15.5. The number of aromatic nitrogens is 2. The number of hydrogen-bond donors (Lipinski definition) is 3. The third-order valence-electron chi connectivity index (χ3n) is 4.87. The summed E-state index contributed by atoms with van der Waals surface area (Å²) in [4.78, 5) is 24.4. The van der Waals surface area contributed by atoms with Crippen LogP contribution in [0, 0.1) is 5.82 Å². The number of nitrogens with zero attached hydrogens (tertiary/aromatic N) is 1. The molecule has 0 spiro atoms. The molecule has 1 aromatic heterocycles. The van der Waals surface area contributed by atoms with Gasteiger partial charge in [0, 0.05) is 16.6 Å². The topological polar surface area (TPSA) is 96.1 Å². The molecule has 0 saturated carbocycles. The van der Waals surface area contributed by atoms with Gasteiger partial charge in [0.2, 0.25) is 5.91 Å². The van der Waals surface area contributed by atoms with E-state index in [9.17, 15) is 14.0 Å². The van der Waals surface area contributed by atoms with E-state index in [4.69, 9.17) is 4.74 Å². The molecular formula is C24H21FN4O3. The summed E-state index contributed by atoms with van der Waals surface area (Å²) in [6.07, 6.45) is -0.680. The molecule has 0 aliphatic rings. The highest BCUT2D eigenvalue weighted by Crippen LogP contribution is 2.28. The fraction of sp³-hybridized carbons (Fsp3) is 0.125. The van der Waals surface area contributed by atoms with Gasteiger partial charge in [-0.2, -0.15) is 5.10 Å². The van der Waals surface area contributed by atoms with Gasteiger partial charge in [-0.25, -0.2) is 9.18 Å². The third-order valence-corrected chi connectivity index (χ3v) is 4.87. The van der Waals surface area contributed by atoms with Crippen molar-refractivity contribution >= 4 is 28.6 Å². The van der Waals surface area contributed by atoms with Crippen molar-refractivity contribution in [3.8, 4) is 11.3 Å². The lowest BCUT2D eigenvalue weighted by molar-refractivity contribution is -0.117. The lowest BCUT2D eigenvalue weighted by atomic mass is 10.1. The molecule has 3 N–H and O–H groups in total. The van der Waals surface area contributed by atoms with Crippen molar-refractivity contribution in [2.24, 2.45) is 0 Å². The van der Waals surface area contributed by atoms with Crippen LogP contribution in [-0.2, 0) is 16.1 Å². The predicted octanol–water partition coefficient (Wildman–Crippen LogP) is 4.62. The number of ether oxygens (including phenoxy) is 1. The number of nitrogens with one attached hydrogen (secondary N) is 3. The van der Waals surface area contributed by atoms with E-state index >= 15 is 0 Å². The lowest BCUT2D eigenvalue weighted by Gasteiger charge is -2.14. The van der Waals surface area contributed by atoms with E-state index in [0.717, 1.165) is 10.9 Å². The molecule has 0 radical (unpaired) electrons. The summed E-state index contributed by atoms with van der Waals surface area (Å²) < 4.78 is 18.7. The zero-order chi connectivity index (χ0) is 22.5. The van der Waals surface area contributed by atoms with Crippen LogP contribution in [0.4, 0.5) is 14.9 Å². The highest BCUT2D eigenvalue weighted by atomic mass is 19.1. The highest BCUT2D eigenvalue weighted by molar-refractivity contribution is 6.00. The Morgan fingerprint density at radius 1 is 1.06 bits per heavy atom. The summed E-state index contributed by atoms with van der Waals surface area (Å²) in [5, 5.41) is 13.2. The summed E-state index contributed by atoms with van der Waals surface area (Å²) >= 11 is 0. The molecule has 32 heavy (non-hydrogen) atoms. The smallest absolute Gasteiger partial charge is 0.408 e. The fourth-order valence-corrected chi connectivity index (χ4v) is 3.21. The van der Waals surface area contributed by atoms with Gasteiger partial charge in [0.05, 0.1) is 5.52 Å². The van der Waals surface area contributed by atoms with E-state index < -0.39 is 18.0 Å². The normalized spacial score (nSPS) is 11.7. The van der Waals surface area contributed by atoms with Gasteiger partial charge in [-0.15, -0.1) is 0 Å². The van der Waals surface area contributed by atoms with Crippen molar-refractivity contribution in [1.29, 1.82) is 0 Å². The molecule has 0 aliphatic heterocycles. The molecule has 0 saturated heterocycles. The number of halogens is 1. The Hall–Kier alpha value is -4.20. The summed E-state index contributed by atoms with van der Waals surface area (Å²) in [5.74, 6) is -0.739. The molecule has 0 unspecified atom stereocenters. The number of carbonyl (C=O) groups excluding carboxylic acids is 2. The van der Waals surface area contributed by atoms with E-state index in [-0.39, 0.29) is 12.4 Å². The first-order valence-corrected chi connectivity index (χ1v) is 10.0. The average molecular weight is 432 g/mol. The Morgan fingerprint density at radius 3 is 2.66 bits per heavy atom. The number of anilines is 1. The van der Waals surface area contributed by atoms with Crippen LogP contribution in [0.2, 0.25) is 0 Å². The quantitative estimate of drug-likeness (QED) is 0.414. The molecule has 8 heteroatoms. The summed E-state index contributed by atoms with van der Waals surface area (Å²) in [7, 11) is 0. The Morgan fingerprint density at radius 2 is 1.88 bits per heavy atom. The van der Waals surface area contributed by atoms with Gasteiger partial charge in [0.15, 0.2) is 0 Å². The van der Waals surface area contributed by atoms with Gasteiger partial charge in [-0.05, 0) is 42.8 Å². The Labute approximate surface area is 183 Å². The minimum atomic E-state index is -0.807. The van der Waals surface area contributed by atoms with E-state index in [1.807, 2.05) is 30.3 Å².